The molecule has 3 rings (SSSR count). The minimum absolute atomic E-state index is 1.03. The summed E-state index contributed by atoms with van der Waals surface area (Å²) in [7, 11) is 0. The first-order valence-electron chi connectivity index (χ1n) is 5.83. The standard InChI is InChI=1S/C14H17/c1-2-5-11(6-3-1)14-9-12-7-4-8-13(12)10-14/h1-3,5-6,12-13H,4,7-10H2. The van der Waals surface area contributed by atoms with Gasteiger partial charge in [-0.05, 0) is 30.2 Å². The van der Waals surface area contributed by atoms with Crippen molar-refractivity contribution in [3.05, 3.63) is 41.8 Å². The van der Waals surface area contributed by atoms with Crippen LogP contribution in [-0.4, -0.2) is 0 Å². The van der Waals surface area contributed by atoms with Gasteiger partial charge in [-0.25, -0.2) is 0 Å². The van der Waals surface area contributed by atoms with Crippen LogP contribution in [-0.2, 0) is 0 Å². The SMILES string of the molecule is c1ccc([C]2CC3CCCC3C2)cc1. The van der Waals surface area contributed by atoms with E-state index in [0.717, 1.165) is 11.8 Å². The monoisotopic (exact) mass is 185 g/mol. The summed E-state index contributed by atoms with van der Waals surface area (Å²) in [6.07, 6.45) is 7.22. The summed E-state index contributed by atoms with van der Waals surface area (Å²) in [6.45, 7) is 0. The maximum Gasteiger partial charge on any atom is 0.00555 e. The number of hydrogen-bond acceptors (Lipinski definition) is 0. The maximum atomic E-state index is 2.27. The zero-order valence-electron chi connectivity index (χ0n) is 8.58. The van der Waals surface area contributed by atoms with E-state index in [1.54, 1.807) is 5.92 Å². The van der Waals surface area contributed by atoms with Crippen LogP contribution in [0.2, 0.25) is 0 Å². The van der Waals surface area contributed by atoms with Crippen LogP contribution >= 0.6 is 0 Å². The van der Waals surface area contributed by atoms with Gasteiger partial charge in [-0.2, -0.15) is 0 Å². The molecule has 2 aliphatic rings. The maximum absolute atomic E-state index is 2.27. The van der Waals surface area contributed by atoms with E-state index >= 15 is 0 Å². The topological polar surface area (TPSA) is 0 Å². The summed E-state index contributed by atoms with van der Waals surface area (Å²) in [4.78, 5) is 0. The van der Waals surface area contributed by atoms with E-state index in [9.17, 15) is 0 Å². The lowest BCUT2D eigenvalue weighted by atomic mass is 9.95. The number of benzene rings is 1. The average molecular weight is 185 g/mol. The third kappa shape index (κ3) is 1.37. The summed E-state index contributed by atoms with van der Waals surface area (Å²) in [5, 5.41) is 0. The molecular formula is C14H17. The Bertz CT molecular complexity index is 289. The summed E-state index contributed by atoms with van der Waals surface area (Å²) in [5.41, 5.74) is 1.50. The van der Waals surface area contributed by atoms with Crippen LogP contribution in [0.5, 0.6) is 0 Å². The van der Waals surface area contributed by atoms with Crippen molar-refractivity contribution in [2.24, 2.45) is 11.8 Å². The van der Waals surface area contributed by atoms with Gasteiger partial charge in [-0.1, -0.05) is 49.6 Å². The van der Waals surface area contributed by atoms with Crippen LogP contribution in [0.3, 0.4) is 0 Å². The zero-order chi connectivity index (χ0) is 9.38. The van der Waals surface area contributed by atoms with E-state index in [4.69, 9.17) is 0 Å². The van der Waals surface area contributed by atoms with Gasteiger partial charge in [0.15, 0.2) is 0 Å². The van der Waals surface area contributed by atoms with E-state index in [0.29, 0.717) is 0 Å². The van der Waals surface area contributed by atoms with Gasteiger partial charge in [-0.3, -0.25) is 0 Å². The van der Waals surface area contributed by atoms with E-state index in [-0.39, 0.29) is 0 Å². The normalized spacial score (nSPS) is 32.0. The van der Waals surface area contributed by atoms with E-state index in [1.165, 1.54) is 37.7 Å². The van der Waals surface area contributed by atoms with Crippen LogP contribution in [0.15, 0.2) is 30.3 Å². The number of rotatable bonds is 1. The van der Waals surface area contributed by atoms with Gasteiger partial charge < -0.3 is 0 Å². The molecule has 0 aromatic heterocycles. The van der Waals surface area contributed by atoms with Crippen molar-refractivity contribution in [3.63, 3.8) is 0 Å². The molecule has 2 aliphatic carbocycles. The largest absolute Gasteiger partial charge is 0.0622 e. The lowest BCUT2D eigenvalue weighted by Crippen LogP contribution is -1.95. The third-order valence-electron chi connectivity index (χ3n) is 4.02. The quantitative estimate of drug-likeness (QED) is 0.624. The molecule has 0 aliphatic heterocycles. The molecule has 0 N–H and O–H groups in total. The van der Waals surface area contributed by atoms with E-state index in [1.807, 2.05) is 0 Å². The Balaban J connectivity index is 1.77. The molecule has 0 nitrogen and oxygen atoms in total. The van der Waals surface area contributed by atoms with Crippen molar-refractivity contribution < 1.29 is 0 Å². The van der Waals surface area contributed by atoms with Gasteiger partial charge in [0.2, 0.25) is 0 Å². The molecule has 1 radical (unpaired) electrons. The first kappa shape index (κ1) is 8.52. The van der Waals surface area contributed by atoms with E-state index in [2.05, 4.69) is 30.3 Å². The molecule has 0 bridgehead atoms. The van der Waals surface area contributed by atoms with Gasteiger partial charge in [0.25, 0.3) is 0 Å². The first-order chi connectivity index (χ1) is 6.93. The predicted octanol–water partition coefficient (Wildman–Crippen LogP) is 3.82. The van der Waals surface area contributed by atoms with Crippen LogP contribution in [0, 0.1) is 17.8 Å². The smallest absolute Gasteiger partial charge is 0.00555 e. The highest BCUT2D eigenvalue weighted by Crippen LogP contribution is 2.49. The van der Waals surface area contributed by atoms with Crippen molar-refractivity contribution in [1.82, 2.24) is 0 Å². The van der Waals surface area contributed by atoms with Gasteiger partial charge in [0.1, 0.15) is 0 Å². The highest BCUT2D eigenvalue weighted by atomic mass is 14.4. The molecule has 0 heterocycles. The van der Waals surface area contributed by atoms with Crippen LogP contribution in [0.25, 0.3) is 0 Å². The Morgan fingerprint density at radius 2 is 1.50 bits per heavy atom. The average Bonchev–Trinajstić information content (AvgIpc) is 2.78. The fraction of sp³-hybridized carbons (Fsp3) is 0.500. The Morgan fingerprint density at radius 1 is 0.857 bits per heavy atom. The third-order valence-corrected chi connectivity index (χ3v) is 4.02. The molecule has 2 fully saturated rings. The lowest BCUT2D eigenvalue weighted by molar-refractivity contribution is 0.457. The van der Waals surface area contributed by atoms with Crippen molar-refractivity contribution in [3.8, 4) is 0 Å². The van der Waals surface area contributed by atoms with Crippen LogP contribution < -0.4 is 0 Å². The Kier molecular flexibility index (Phi) is 2.08. The van der Waals surface area contributed by atoms with Crippen molar-refractivity contribution in [2.45, 2.75) is 32.1 Å². The molecule has 0 amide bonds. The molecule has 2 atom stereocenters. The molecule has 1 aromatic carbocycles. The first-order valence-corrected chi connectivity index (χ1v) is 5.83. The molecule has 2 saturated carbocycles. The fourth-order valence-corrected chi connectivity index (χ4v) is 3.28. The van der Waals surface area contributed by atoms with Crippen LogP contribution in [0.4, 0.5) is 0 Å². The zero-order valence-corrected chi connectivity index (χ0v) is 8.58. The molecule has 0 spiro atoms. The molecule has 73 valence electrons. The predicted molar refractivity (Wildman–Crippen MR) is 58.9 cm³/mol. The van der Waals surface area contributed by atoms with Gasteiger partial charge in [0, 0.05) is 5.92 Å². The van der Waals surface area contributed by atoms with E-state index < -0.39 is 0 Å². The molecule has 1 aromatic rings. The molecule has 0 heteroatoms. The second kappa shape index (κ2) is 3.42. The second-order valence-corrected chi connectivity index (χ2v) is 4.83. The fourth-order valence-electron chi connectivity index (χ4n) is 3.28. The minimum Gasteiger partial charge on any atom is -0.0622 e. The summed E-state index contributed by atoms with van der Waals surface area (Å²) < 4.78 is 0. The highest BCUT2D eigenvalue weighted by molar-refractivity contribution is 5.32. The van der Waals surface area contributed by atoms with Crippen LogP contribution in [0.1, 0.15) is 37.7 Å². The Morgan fingerprint density at radius 3 is 2.14 bits per heavy atom. The summed E-state index contributed by atoms with van der Waals surface area (Å²) >= 11 is 0. The number of fused-ring (bicyclic) bond motifs is 1. The molecule has 0 saturated heterocycles. The summed E-state index contributed by atoms with van der Waals surface area (Å²) in [6, 6.07) is 11.0. The van der Waals surface area contributed by atoms with Crippen molar-refractivity contribution in [1.29, 1.82) is 0 Å². The van der Waals surface area contributed by atoms with Gasteiger partial charge in [-0.15, -0.1) is 0 Å². The second-order valence-electron chi connectivity index (χ2n) is 4.83. The molecule has 2 unspecified atom stereocenters. The van der Waals surface area contributed by atoms with Gasteiger partial charge >= 0.3 is 0 Å². The Labute approximate surface area is 86.3 Å². The Hall–Kier alpha value is -0.780. The minimum atomic E-state index is 1.03. The lowest BCUT2D eigenvalue weighted by Gasteiger charge is -2.09. The highest BCUT2D eigenvalue weighted by Gasteiger charge is 2.37. The molecular weight excluding hydrogens is 168 g/mol. The van der Waals surface area contributed by atoms with Crippen molar-refractivity contribution >= 4 is 0 Å². The van der Waals surface area contributed by atoms with Crippen molar-refractivity contribution in [2.75, 3.05) is 0 Å². The molecule has 14 heavy (non-hydrogen) atoms. The number of hydrogen-bond donors (Lipinski definition) is 0. The summed E-state index contributed by atoms with van der Waals surface area (Å²) in [5.74, 6) is 3.79. The van der Waals surface area contributed by atoms with Gasteiger partial charge in [0.05, 0.1) is 0 Å².